The van der Waals surface area contributed by atoms with Crippen LogP contribution in [0.2, 0.25) is 0 Å². The smallest absolute Gasteiger partial charge is 0.199 e. The van der Waals surface area contributed by atoms with E-state index < -0.39 is 6.29 Å². The lowest BCUT2D eigenvalue weighted by Gasteiger charge is -1.92. The molecule has 0 saturated carbocycles. The molecule has 0 spiro atoms. The zero-order valence-electron chi connectivity index (χ0n) is 6.32. The first-order valence-electron chi connectivity index (χ1n) is 3.55. The lowest BCUT2D eigenvalue weighted by Crippen LogP contribution is -1.93. The van der Waals surface area contributed by atoms with Crippen LogP contribution in [-0.2, 0) is 6.42 Å². The summed E-state index contributed by atoms with van der Waals surface area (Å²) in [5.74, 6) is 0.690. The topological polar surface area (TPSA) is 66.5 Å². The Morgan fingerprint density at radius 1 is 1.64 bits per heavy atom. The van der Waals surface area contributed by atoms with Crippen LogP contribution in [0.15, 0.2) is 10.6 Å². The van der Waals surface area contributed by atoms with Crippen LogP contribution in [0, 0.1) is 0 Å². The molecule has 0 unspecified atom stereocenters. The minimum atomic E-state index is -1.52. The maximum atomic E-state index is 8.64. The van der Waals surface area contributed by atoms with Gasteiger partial charge in [0.1, 0.15) is 11.5 Å². The van der Waals surface area contributed by atoms with Crippen LogP contribution in [0.4, 0.5) is 0 Å². The first-order valence-corrected chi connectivity index (χ1v) is 3.55. The van der Waals surface area contributed by atoms with E-state index in [1.807, 2.05) is 6.92 Å². The monoisotopic (exact) mass is 157 g/mol. The Kier molecular flexibility index (Phi) is 2.62. The van der Waals surface area contributed by atoms with Crippen LogP contribution in [0.25, 0.3) is 0 Å². The summed E-state index contributed by atoms with van der Waals surface area (Å²) < 4.78 is 4.80. The molecule has 1 aromatic heterocycles. The van der Waals surface area contributed by atoms with E-state index >= 15 is 0 Å². The van der Waals surface area contributed by atoms with Crippen molar-refractivity contribution in [2.45, 2.75) is 26.1 Å². The molecule has 1 aromatic rings. The summed E-state index contributed by atoms with van der Waals surface area (Å²) in [6, 6.07) is 1.55. The lowest BCUT2D eigenvalue weighted by atomic mass is 10.2. The van der Waals surface area contributed by atoms with Crippen molar-refractivity contribution in [2.24, 2.45) is 0 Å². The second-order valence-corrected chi connectivity index (χ2v) is 2.34. The molecular formula is C7H11NO3. The van der Waals surface area contributed by atoms with E-state index in [2.05, 4.69) is 5.16 Å². The van der Waals surface area contributed by atoms with Crippen LogP contribution >= 0.6 is 0 Å². The third-order valence-electron chi connectivity index (χ3n) is 1.34. The molecule has 0 radical (unpaired) electrons. The Balaban J connectivity index is 2.66. The SMILES string of the molecule is CCCc1cc(C(O)O)no1. The van der Waals surface area contributed by atoms with Crippen molar-refractivity contribution in [2.75, 3.05) is 0 Å². The molecule has 0 aliphatic rings. The van der Waals surface area contributed by atoms with E-state index in [0.717, 1.165) is 12.8 Å². The largest absolute Gasteiger partial charge is 0.363 e. The van der Waals surface area contributed by atoms with Crippen LogP contribution in [0.3, 0.4) is 0 Å². The van der Waals surface area contributed by atoms with Gasteiger partial charge in [-0.1, -0.05) is 12.1 Å². The molecule has 11 heavy (non-hydrogen) atoms. The van der Waals surface area contributed by atoms with Crippen LogP contribution in [0.5, 0.6) is 0 Å². The average Bonchev–Trinajstić information content (AvgIpc) is 2.37. The van der Waals surface area contributed by atoms with E-state index in [4.69, 9.17) is 14.7 Å². The quantitative estimate of drug-likeness (QED) is 0.631. The van der Waals surface area contributed by atoms with Crippen molar-refractivity contribution < 1.29 is 14.7 Å². The normalized spacial score (nSPS) is 10.9. The van der Waals surface area contributed by atoms with Gasteiger partial charge in [0.05, 0.1) is 0 Å². The zero-order valence-corrected chi connectivity index (χ0v) is 6.32. The zero-order chi connectivity index (χ0) is 8.27. The Morgan fingerprint density at radius 3 is 2.82 bits per heavy atom. The highest BCUT2D eigenvalue weighted by molar-refractivity contribution is 5.05. The summed E-state index contributed by atoms with van der Waals surface area (Å²) in [7, 11) is 0. The summed E-state index contributed by atoms with van der Waals surface area (Å²) in [4.78, 5) is 0. The Morgan fingerprint density at radius 2 is 2.36 bits per heavy atom. The van der Waals surface area contributed by atoms with Crippen molar-refractivity contribution in [1.82, 2.24) is 5.16 Å². The molecule has 0 amide bonds. The first kappa shape index (κ1) is 8.23. The van der Waals surface area contributed by atoms with E-state index in [-0.39, 0.29) is 5.69 Å². The van der Waals surface area contributed by atoms with Crippen molar-refractivity contribution >= 4 is 0 Å². The van der Waals surface area contributed by atoms with Crippen LogP contribution in [-0.4, -0.2) is 15.4 Å². The number of aromatic nitrogens is 1. The Bertz CT molecular complexity index is 219. The maximum absolute atomic E-state index is 8.64. The number of hydrogen-bond acceptors (Lipinski definition) is 4. The average molecular weight is 157 g/mol. The number of aryl methyl sites for hydroxylation is 1. The second-order valence-electron chi connectivity index (χ2n) is 2.34. The molecule has 1 heterocycles. The molecule has 0 saturated heterocycles. The van der Waals surface area contributed by atoms with Gasteiger partial charge in [0.2, 0.25) is 0 Å². The summed E-state index contributed by atoms with van der Waals surface area (Å²) in [5.41, 5.74) is 0.174. The molecule has 0 aromatic carbocycles. The predicted molar refractivity (Wildman–Crippen MR) is 37.7 cm³/mol. The van der Waals surface area contributed by atoms with Gasteiger partial charge in [-0.25, -0.2) is 0 Å². The third kappa shape index (κ3) is 2.03. The maximum Gasteiger partial charge on any atom is 0.199 e. The van der Waals surface area contributed by atoms with Crippen molar-refractivity contribution in [1.29, 1.82) is 0 Å². The van der Waals surface area contributed by atoms with E-state index in [1.54, 1.807) is 6.07 Å². The number of aliphatic hydroxyl groups excluding tert-OH is 1. The lowest BCUT2D eigenvalue weighted by molar-refractivity contribution is -0.0476. The Hall–Kier alpha value is -0.870. The first-order chi connectivity index (χ1) is 5.24. The molecule has 4 heteroatoms. The molecule has 62 valence electrons. The molecule has 1 rings (SSSR count). The third-order valence-corrected chi connectivity index (χ3v) is 1.34. The minimum absolute atomic E-state index is 0.174. The van der Waals surface area contributed by atoms with Crippen molar-refractivity contribution in [3.05, 3.63) is 17.5 Å². The van der Waals surface area contributed by atoms with Gasteiger partial charge in [-0.05, 0) is 6.42 Å². The van der Waals surface area contributed by atoms with E-state index in [9.17, 15) is 0 Å². The molecule has 4 nitrogen and oxygen atoms in total. The summed E-state index contributed by atoms with van der Waals surface area (Å²) in [6.45, 7) is 2.01. The van der Waals surface area contributed by atoms with Gasteiger partial charge in [0, 0.05) is 12.5 Å². The van der Waals surface area contributed by atoms with Gasteiger partial charge in [-0.3, -0.25) is 0 Å². The molecule has 0 bridgehead atoms. The Labute approximate surface area is 64.4 Å². The minimum Gasteiger partial charge on any atom is -0.363 e. The predicted octanol–water partition coefficient (Wildman–Crippen LogP) is 0.610. The van der Waals surface area contributed by atoms with Gasteiger partial charge < -0.3 is 14.7 Å². The molecule has 0 fully saturated rings. The van der Waals surface area contributed by atoms with Crippen LogP contribution in [0.1, 0.15) is 31.1 Å². The van der Waals surface area contributed by atoms with Crippen LogP contribution < -0.4 is 0 Å². The van der Waals surface area contributed by atoms with Crippen molar-refractivity contribution in [3.8, 4) is 0 Å². The molecule has 0 aliphatic carbocycles. The number of nitrogens with zero attached hydrogens (tertiary/aromatic N) is 1. The van der Waals surface area contributed by atoms with Gasteiger partial charge >= 0.3 is 0 Å². The number of hydrogen-bond donors (Lipinski definition) is 2. The van der Waals surface area contributed by atoms with Crippen molar-refractivity contribution in [3.63, 3.8) is 0 Å². The fraction of sp³-hybridized carbons (Fsp3) is 0.571. The highest BCUT2D eigenvalue weighted by Gasteiger charge is 2.08. The molecular weight excluding hydrogens is 146 g/mol. The standard InChI is InChI=1S/C7H11NO3/c1-2-3-5-4-6(7(9)10)8-11-5/h4,7,9-10H,2-3H2,1H3. The fourth-order valence-corrected chi connectivity index (χ4v) is 0.815. The number of rotatable bonds is 3. The highest BCUT2D eigenvalue weighted by Crippen LogP contribution is 2.11. The molecule has 0 atom stereocenters. The number of aliphatic hydroxyl groups is 2. The van der Waals surface area contributed by atoms with Gasteiger partial charge in [-0.2, -0.15) is 0 Å². The second kappa shape index (κ2) is 3.50. The fourth-order valence-electron chi connectivity index (χ4n) is 0.815. The summed E-state index contributed by atoms with van der Waals surface area (Å²) in [6.07, 6.45) is 0.208. The van der Waals surface area contributed by atoms with Gasteiger partial charge in [-0.15, -0.1) is 0 Å². The van der Waals surface area contributed by atoms with Gasteiger partial charge in [0.15, 0.2) is 6.29 Å². The summed E-state index contributed by atoms with van der Waals surface area (Å²) in [5, 5.41) is 20.7. The molecule has 2 N–H and O–H groups in total. The van der Waals surface area contributed by atoms with E-state index in [1.165, 1.54) is 0 Å². The summed E-state index contributed by atoms with van der Waals surface area (Å²) >= 11 is 0. The highest BCUT2D eigenvalue weighted by atomic mass is 16.5. The van der Waals surface area contributed by atoms with E-state index in [0.29, 0.717) is 5.76 Å². The molecule has 0 aliphatic heterocycles. The van der Waals surface area contributed by atoms with Gasteiger partial charge in [0.25, 0.3) is 0 Å².